The third-order valence-electron chi connectivity index (χ3n) is 5.20. The Morgan fingerprint density at radius 2 is 1.48 bits per heavy atom. The molecule has 0 unspecified atom stereocenters. The number of fused-ring (bicyclic) bond motifs is 2. The van der Waals surface area contributed by atoms with E-state index in [1.54, 1.807) is 35.5 Å². The van der Waals surface area contributed by atoms with Crippen LogP contribution in [0, 0.1) is 0 Å². The van der Waals surface area contributed by atoms with E-state index in [0.717, 1.165) is 33.1 Å². The van der Waals surface area contributed by atoms with Crippen molar-refractivity contribution in [2.24, 2.45) is 0 Å². The molecule has 8 nitrogen and oxygen atoms in total. The first-order chi connectivity index (χ1) is 15.1. The summed E-state index contributed by atoms with van der Waals surface area (Å²) < 4.78 is 27.9. The first kappa shape index (κ1) is 20.5. The van der Waals surface area contributed by atoms with E-state index in [0.29, 0.717) is 35.5 Å². The van der Waals surface area contributed by atoms with E-state index >= 15 is 0 Å². The van der Waals surface area contributed by atoms with Gasteiger partial charge in [0.05, 0.1) is 57.4 Å². The standard InChI is InChI=1S/C23H25N3O5/c1-27-14-6-7-15-16(11-14)26-23(25-15)24-12-13-10-19(30-4)20-17(28-2)8-9-18(29-3)21(20)22(13)31-5/h6-11H,12H2,1-5H3,(H2,24,25,26). The van der Waals surface area contributed by atoms with Crippen LogP contribution in [0.1, 0.15) is 5.56 Å². The van der Waals surface area contributed by atoms with E-state index in [-0.39, 0.29) is 0 Å². The maximum absolute atomic E-state index is 5.80. The van der Waals surface area contributed by atoms with E-state index in [9.17, 15) is 0 Å². The van der Waals surface area contributed by atoms with Crippen molar-refractivity contribution in [3.63, 3.8) is 0 Å². The van der Waals surface area contributed by atoms with Crippen molar-refractivity contribution in [2.45, 2.75) is 6.54 Å². The molecule has 2 N–H and O–H groups in total. The highest BCUT2D eigenvalue weighted by Crippen LogP contribution is 2.46. The Bertz CT molecular complexity index is 1240. The maximum atomic E-state index is 5.80. The van der Waals surface area contributed by atoms with Crippen LogP contribution in [0.2, 0.25) is 0 Å². The van der Waals surface area contributed by atoms with Gasteiger partial charge < -0.3 is 34.0 Å². The molecule has 4 rings (SSSR count). The van der Waals surface area contributed by atoms with Gasteiger partial charge >= 0.3 is 0 Å². The number of H-pyrrole nitrogens is 1. The summed E-state index contributed by atoms with van der Waals surface area (Å²) in [6, 6.07) is 11.3. The van der Waals surface area contributed by atoms with Gasteiger partial charge in [-0.1, -0.05) is 0 Å². The molecule has 31 heavy (non-hydrogen) atoms. The van der Waals surface area contributed by atoms with Crippen LogP contribution in [0.4, 0.5) is 5.95 Å². The van der Waals surface area contributed by atoms with Gasteiger partial charge in [-0.2, -0.15) is 0 Å². The predicted molar refractivity (Wildman–Crippen MR) is 120 cm³/mol. The summed E-state index contributed by atoms with van der Waals surface area (Å²) in [4.78, 5) is 7.86. The van der Waals surface area contributed by atoms with Crippen molar-refractivity contribution in [2.75, 3.05) is 40.9 Å². The molecule has 0 radical (unpaired) electrons. The Kier molecular flexibility index (Phi) is 5.62. The molecule has 0 spiro atoms. The molecule has 3 aromatic carbocycles. The van der Waals surface area contributed by atoms with Crippen LogP contribution in [-0.2, 0) is 6.54 Å². The highest BCUT2D eigenvalue weighted by atomic mass is 16.5. The second-order valence-corrected chi connectivity index (χ2v) is 6.81. The molecule has 0 amide bonds. The lowest BCUT2D eigenvalue weighted by atomic mass is 10.0. The topological polar surface area (TPSA) is 86.9 Å². The zero-order valence-electron chi connectivity index (χ0n) is 18.2. The van der Waals surface area contributed by atoms with Crippen LogP contribution >= 0.6 is 0 Å². The number of anilines is 1. The number of nitrogens with one attached hydrogen (secondary N) is 2. The average Bonchev–Trinajstić information content (AvgIpc) is 3.23. The van der Waals surface area contributed by atoms with Crippen molar-refractivity contribution in [3.05, 3.63) is 42.0 Å². The van der Waals surface area contributed by atoms with Gasteiger partial charge in [0.1, 0.15) is 28.7 Å². The van der Waals surface area contributed by atoms with Gasteiger partial charge in [-0.15, -0.1) is 0 Å². The van der Waals surface area contributed by atoms with Crippen molar-refractivity contribution in [1.82, 2.24) is 9.97 Å². The molecule has 0 saturated heterocycles. The fourth-order valence-electron chi connectivity index (χ4n) is 3.73. The molecule has 162 valence electrons. The van der Waals surface area contributed by atoms with Gasteiger partial charge in [-0.25, -0.2) is 4.98 Å². The molecule has 0 saturated carbocycles. The normalized spacial score (nSPS) is 10.9. The van der Waals surface area contributed by atoms with Crippen LogP contribution in [0.15, 0.2) is 36.4 Å². The van der Waals surface area contributed by atoms with Crippen molar-refractivity contribution in [3.8, 4) is 28.7 Å². The number of nitrogens with zero attached hydrogens (tertiary/aromatic N) is 1. The molecule has 0 atom stereocenters. The van der Waals surface area contributed by atoms with Crippen molar-refractivity contribution < 1.29 is 23.7 Å². The van der Waals surface area contributed by atoms with E-state index in [4.69, 9.17) is 23.7 Å². The summed E-state index contributed by atoms with van der Waals surface area (Å²) in [5, 5.41) is 4.91. The molecule has 4 aromatic rings. The summed E-state index contributed by atoms with van der Waals surface area (Å²) >= 11 is 0. The lowest BCUT2D eigenvalue weighted by molar-refractivity contribution is 0.390. The van der Waals surface area contributed by atoms with Gasteiger partial charge in [0.2, 0.25) is 5.95 Å². The largest absolute Gasteiger partial charge is 0.497 e. The number of ether oxygens (including phenoxy) is 5. The van der Waals surface area contributed by atoms with Gasteiger partial charge in [0.15, 0.2) is 0 Å². The van der Waals surface area contributed by atoms with E-state index in [2.05, 4.69) is 15.3 Å². The van der Waals surface area contributed by atoms with E-state index in [1.165, 1.54) is 0 Å². The second kappa shape index (κ2) is 8.51. The first-order valence-corrected chi connectivity index (χ1v) is 9.69. The highest BCUT2D eigenvalue weighted by Gasteiger charge is 2.21. The van der Waals surface area contributed by atoms with Crippen LogP contribution in [0.25, 0.3) is 21.8 Å². The number of imidazole rings is 1. The summed E-state index contributed by atoms with van der Waals surface area (Å²) in [7, 11) is 8.15. The highest BCUT2D eigenvalue weighted by molar-refractivity contribution is 6.03. The monoisotopic (exact) mass is 423 g/mol. The van der Waals surface area contributed by atoms with Gasteiger partial charge in [-0.05, 0) is 30.3 Å². The Labute approximate surface area is 180 Å². The average molecular weight is 423 g/mol. The minimum Gasteiger partial charge on any atom is -0.497 e. The molecule has 8 heteroatoms. The van der Waals surface area contributed by atoms with E-state index in [1.807, 2.05) is 36.4 Å². The minimum absolute atomic E-state index is 0.451. The lowest BCUT2D eigenvalue weighted by Crippen LogP contribution is -2.05. The quantitative estimate of drug-likeness (QED) is 0.435. The van der Waals surface area contributed by atoms with Crippen LogP contribution in [0.3, 0.4) is 0 Å². The number of benzene rings is 3. The first-order valence-electron chi connectivity index (χ1n) is 9.69. The number of rotatable bonds is 8. The summed E-state index contributed by atoms with van der Waals surface area (Å²) in [5.41, 5.74) is 2.62. The maximum Gasteiger partial charge on any atom is 0.201 e. The van der Waals surface area contributed by atoms with Crippen LogP contribution in [0.5, 0.6) is 28.7 Å². The molecular weight excluding hydrogens is 398 g/mol. The SMILES string of the molecule is COc1ccc2[nH]c(NCc3cc(OC)c4c(OC)ccc(OC)c4c3OC)nc2c1. The molecule has 1 heterocycles. The Morgan fingerprint density at radius 3 is 2.13 bits per heavy atom. The molecule has 0 aliphatic carbocycles. The van der Waals surface area contributed by atoms with Crippen LogP contribution < -0.4 is 29.0 Å². The minimum atomic E-state index is 0.451. The fraction of sp³-hybridized carbons (Fsp3) is 0.261. The van der Waals surface area contributed by atoms with Gasteiger partial charge in [0, 0.05) is 18.2 Å². The molecule has 0 aliphatic heterocycles. The third kappa shape index (κ3) is 3.61. The number of methoxy groups -OCH3 is 5. The van der Waals surface area contributed by atoms with Crippen molar-refractivity contribution in [1.29, 1.82) is 0 Å². The zero-order valence-corrected chi connectivity index (χ0v) is 18.2. The van der Waals surface area contributed by atoms with Crippen molar-refractivity contribution >= 4 is 27.8 Å². The summed E-state index contributed by atoms with van der Waals surface area (Å²) in [6.45, 7) is 0.451. The number of hydrogen-bond donors (Lipinski definition) is 2. The fourth-order valence-corrected chi connectivity index (χ4v) is 3.73. The molecule has 0 aliphatic rings. The second-order valence-electron chi connectivity index (χ2n) is 6.81. The van der Waals surface area contributed by atoms with Gasteiger partial charge in [0.25, 0.3) is 0 Å². The Hall–Kier alpha value is -3.81. The van der Waals surface area contributed by atoms with Gasteiger partial charge in [-0.3, -0.25) is 0 Å². The number of aromatic amines is 1. The molecular formula is C23H25N3O5. The Morgan fingerprint density at radius 1 is 0.774 bits per heavy atom. The van der Waals surface area contributed by atoms with E-state index < -0.39 is 0 Å². The van der Waals surface area contributed by atoms with Crippen LogP contribution in [-0.4, -0.2) is 45.5 Å². The molecule has 1 aromatic heterocycles. The zero-order chi connectivity index (χ0) is 22.0. The third-order valence-corrected chi connectivity index (χ3v) is 5.20. The Balaban J connectivity index is 1.77. The summed E-state index contributed by atoms with van der Waals surface area (Å²) in [6.07, 6.45) is 0. The smallest absolute Gasteiger partial charge is 0.201 e. The number of hydrogen-bond acceptors (Lipinski definition) is 7. The molecule has 0 fully saturated rings. The lowest BCUT2D eigenvalue weighted by Gasteiger charge is -2.19. The molecule has 0 bridgehead atoms. The predicted octanol–water partition coefficient (Wildman–Crippen LogP) is 4.37. The summed E-state index contributed by atoms with van der Waals surface area (Å²) in [5.74, 6) is 4.09. The number of aromatic nitrogens is 2.